The van der Waals surface area contributed by atoms with Gasteiger partial charge < -0.3 is 18.9 Å². The lowest BCUT2D eigenvalue weighted by Crippen LogP contribution is -2.10. The largest absolute Gasteiger partial charge is 0.497 e. The highest BCUT2D eigenvalue weighted by Crippen LogP contribution is 2.41. The van der Waals surface area contributed by atoms with E-state index in [2.05, 4.69) is 48.5 Å². The van der Waals surface area contributed by atoms with Crippen LogP contribution in [0.4, 0.5) is 0 Å². The Morgan fingerprint density at radius 2 is 0.658 bits per heavy atom. The molecule has 0 unspecified atom stereocenters. The van der Waals surface area contributed by atoms with Gasteiger partial charge in [0, 0.05) is 11.8 Å². The van der Waals surface area contributed by atoms with Gasteiger partial charge in [-0.25, -0.2) is 0 Å². The van der Waals surface area contributed by atoms with Crippen LogP contribution in [0.15, 0.2) is 97.1 Å². The Hall–Kier alpha value is -3.92. The van der Waals surface area contributed by atoms with Crippen LogP contribution in [0.25, 0.3) is 0 Å². The maximum atomic E-state index is 5.56. The monoisotopic (exact) mass is 516 g/mol. The second-order valence-corrected chi connectivity index (χ2v) is 8.45. The second kappa shape index (κ2) is 15.4. The number of rotatable bonds is 10. The first-order valence-electron chi connectivity index (χ1n) is 11.7. The lowest BCUT2D eigenvalue weighted by Gasteiger charge is -2.26. The Labute approximate surface area is 230 Å². The molecule has 38 heavy (non-hydrogen) atoms. The van der Waals surface area contributed by atoms with Crippen LogP contribution in [0.2, 0.25) is 0 Å². The summed E-state index contributed by atoms with van der Waals surface area (Å²) in [6.07, 6.45) is 0.834. The van der Waals surface area contributed by atoms with Crippen molar-refractivity contribution < 1.29 is 18.9 Å². The zero-order chi connectivity index (χ0) is 24.6. The molecule has 0 amide bonds. The molecule has 0 atom stereocenters. The summed E-state index contributed by atoms with van der Waals surface area (Å²) in [7, 11) is 6.81. The van der Waals surface area contributed by atoms with E-state index in [1.54, 1.807) is 28.4 Å². The van der Waals surface area contributed by atoms with Crippen molar-refractivity contribution in [2.24, 2.45) is 0 Å². The predicted octanol–water partition coefficient (Wildman–Crippen LogP) is 8.98. The number of hydrogen-bond donors (Lipinski definition) is 0. The van der Waals surface area contributed by atoms with Gasteiger partial charge in [0.2, 0.25) is 0 Å². The molecule has 0 aliphatic carbocycles. The molecule has 204 valence electrons. The average Bonchev–Trinajstić information content (AvgIpc) is 2.93. The van der Waals surface area contributed by atoms with Crippen LogP contribution in [0.3, 0.4) is 0 Å². The van der Waals surface area contributed by atoms with E-state index in [9.17, 15) is 0 Å². The van der Waals surface area contributed by atoms with Crippen molar-refractivity contribution >= 4 is 0 Å². The van der Waals surface area contributed by atoms with Gasteiger partial charge >= 0.3 is 0 Å². The minimum atomic E-state index is 0. The molecule has 0 aliphatic rings. The van der Waals surface area contributed by atoms with Crippen molar-refractivity contribution in [2.45, 2.75) is 40.5 Å². The van der Waals surface area contributed by atoms with Gasteiger partial charge in [0.15, 0.2) is 0 Å². The summed E-state index contributed by atoms with van der Waals surface area (Å²) < 4.78 is 22.3. The van der Waals surface area contributed by atoms with Gasteiger partial charge in [-0.05, 0) is 77.2 Å². The van der Waals surface area contributed by atoms with Crippen LogP contribution in [0.1, 0.15) is 62.8 Å². The molecule has 4 aromatic carbocycles. The van der Waals surface area contributed by atoms with Gasteiger partial charge in [0.25, 0.3) is 0 Å². The summed E-state index contributed by atoms with van der Waals surface area (Å²) in [6, 6.07) is 33.3. The molecule has 4 heteroatoms. The molecule has 0 heterocycles. The van der Waals surface area contributed by atoms with Gasteiger partial charge in [-0.2, -0.15) is 0 Å². The van der Waals surface area contributed by atoms with Crippen LogP contribution < -0.4 is 18.9 Å². The van der Waals surface area contributed by atoms with Crippen molar-refractivity contribution in [1.29, 1.82) is 0 Å². The van der Waals surface area contributed by atoms with Gasteiger partial charge in [0.1, 0.15) is 23.0 Å². The highest BCUT2D eigenvalue weighted by molar-refractivity contribution is 5.44. The first-order chi connectivity index (χ1) is 17.1. The summed E-state index contributed by atoms with van der Waals surface area (Å²) in [5.74, 6) is 3.57. The molecule has 0 fully saturated rings. The van der Waals surface area contributed by atoms with E-state index in [-0.39, 0.29) is 34.1 Å². The zero-order valence-electron chi connectivity index (χ0n) is 20.7. The quantitative estimate of drug-likeness (QED) is 0.211. The van der Waals surface area contributed by atoms with Crippen molar-refractivity contribution in [2.75, 3.05) is 28.4 Å². The maximum Gasteiger partial charge on any atom is 0.119 e. The third-order valence-electron chi connectivity index (χ3n) is 6.46. The van der Waals surface area contributed by atoms with Crippen LogP contribution in [0, 0.1) is 0 Å². The molecule has 0 saturated heterocycles. The van der Waals surface area contributed by atoms with Crippen molar-refractivity contribution in [3.05, 3.63) is 119 Å². The summed E-state index contributed by atoms with van der Waals surface area (Å²) in [5.41, 5.74) is 4.75. The smallest absolute Gasteiger partial charge is 0.119 e. The van der Waals surface area contributed by atoms with Crippen LogP contribution >= 0.6 is 0 Å². The molecular formula is C34H44O4. The highest BCUT2D eigenvalue weighted by Gasteiger charge is 2.24. The van der Waals surface area contributed by atoms with Gasteiger partial charge in [-0.3, -0.25) is 0 Å². The standard InChI is InChI=1S/C31H32O4.3CH4/c1-32-26-13-5-9-22(17-26)30(23-10-6-14-27(18-23)33-2)21-31(24-11-7-15-28(19-24)34-3)25-12-8-16-29(20-25)35-4;;;/h5-20,30-31H,21H2,1-4H3;3*1H4. The number of benzene rings is 4. The van der Waals surface area contributed by atoms with E-state index in [1.165, 1.54) is 22.3 Å². The summed E-state index contributed by atoms with van der Waals surface area (Å²) in [5, 5.41) is 0. The molecule has 0 N–H and O–H groups in total. The fourth-order valence-corrected chi connectivity index (χ4v) is 4.60. The topological polar surface area (TPSA) is 36.9 Å². The fraction of sp³-hybridized carbons (Fsp3) is 0.294. The van der Waals surface area contributed by atoms with Crippen LogP contribution in [0.5, 0.6) is 23.0 Å². The molecule has 4 nitrogen and oxygen atoms in total. The molecule has 0 aromatic heterocycles. The van der Waals surface area contributed by atoms with E-state index in [1.807, 2.05) is 48.5 Å². The van der Waals surface area contributed by atoms with Gasteiger partial charge in [-0.1, -0.05) is 70.8 Å². The van der Waals surface area contributed by atoms with Crippen LogP contribution in [-0.2, 0) is 0 Å². The van der Waals surface area contributed by atoms with Gasteiger partial charge in [-0.15, -0.1) is 0 Å². The van der Waals surface area contributed by atoms with Crippen molar-refractivity contribution in [1.82, 2.24) is 0 Å². The summed E-state index contributed by atoms with van der Waals surface area (Å²) in [6.45, 7) is 0. The Balaban J connectivity index is 0.00000241. The molecular weight excluding hydrogens is 472 g/mol. The Kier molecular flexibility index (Phi) is 13.0. The second-order valence-electron chi connectivity index (χ2n) is 8.45. The minimum absolute atomic E-state index is 0. The molecule has 4 rings (SSSR count). The molecule has 0 saturated carbocycles. The van der Waals surface area contributed by atoms with E-state index in [0.717, 1.165) is 29.4 Å². The third-order valence-corrected chi connectivity index (χ3v) is 6.46. The van der Waals surface area contributed by atoms with Gasteiger partial charge in [0.05, 0.1) is 28.4 Å². The first-order valence-corrected chi connectivity index (χ1v) is 11.7. The lowest BCUT2D eigenvalue weighted by molar-refractivity contribution is 0.412. The number of methoxy groups -OCH3 is 4. The molecule has 4 aromatic rings. The minimum Gasteiger partial charge on any atom is -0.497 e. The Morgan fingerprint density at radius 3 is 0.868 bits per heavy atom. The Morgan fingerprint density at radius 1 is 0.421 bits per heavy atom. The molecule has 0 spiro atoms. The first kappa shape index (κ1) is 32.1. The lowest BCUT2D eigenvalue weighted by atomic mass is 9.78. The summed E-state index contributed by atoms with van der Waals surface area (Å²) >= 11 is 0. The molecule has 0 bridgehead atoms. The van der Waals surface area contributed by atoms with E-state index >= 15 is 0 Å². The molecule has 0 radical (unpaired) electrons. The maximum absolute atomic E-state index is 5.56. The fourth-order valence-electron chi connectivity index (χ4n) is 4.60. The normalized spacial score (nSPS) is 10.1. The zero-order valence-corrected chi connectivity index (χ0v) is 20.7. The average molecular weight is 517 g/mol. The van der Waals surface area contributed by atoms with Crippen molar-refractivity contribution in [3.63, 3.8) is 0 Å². The van der Waals surface area contributed by atoms with Crippen molar-refractivity contribution in [3.8, 4) is 23.0 Å². The van der Waals surface area contributed by atoms with E-state index < -0.39 is 0 Å². The molecule has 0 aliphatic heterocycles. The highest BCUT2D eigenvalue weighted by atomic mass is 16.5. The van der Waals surface area contributed by atoms with Crippen LogP contribution in [-0.4, -0.2) is 28.4 Å². The number of hydrogen-bond acceptors (Lipinski definition) is 4. The van der Waals surface area contributed by atoms with E-state index in [0.29, 0.717) is 0 Å². The predicted molar refractivity (Wildman–Crippen MR) is 160 cm³/mol. The SMILES string of the molecule is C.C.C.COc1cccc(C(CC(c2cccc(OC)c2)c2cccc(OC)c2)c2cccc(OC)c2)c1. The Bertz CT molecular complexity index is 1060. The third kappa shape index (κ3) is 7.55. The van der Waals surface area contributed by atoms with E-state index in [4.69, 9.17) is 18.9 Å². The number of ether oxygens (including phenoxy) is 4. The summed E-state index contributed by atoms with van der Waals surface area (Å²) in [4.78, 5) is 0.